The van der Waals surface area contributed by atoms with Crippen molar-refractivity contribution in [3.8, 4) is 0 Å². The first kappa shape index (κ1) is 14.5. The number of carbonyl (C=O) groups excluding carboxylic acids is 3. The van der Waals surface area contributed by atoms with Crippen molar-refractivity contribution in [2.75, 3.05) is 6.54 Å². The fraction of sp³-hybridized carbons (Fsp3) is 0.417. The molecule has 0 aromatic carbocycles. The molecule has 19 heavy (non-hydrogen) atoms. The number of hydrogen-bond acceptors (Lipinski definition) is 4. The molecule has 1 fully saturated rings. The van der Waals surface area contributed by atoms with Crippen molar-refractivity contribution in [1.29, 1.82) is 0 Å². The highest BCUT2D eigenvalue weighted by Crippen LogP contribution is 2.31. The maximum absolute atomic E-state index is 12.0. The maximum Gasteiger partial charge on any atom is 0.229 e. The van der Waals surface area contributed by atoms with Gasteiger partial charge in [0.15, 0.2) is 5.78 Å². The predicted molar refractivity (Wildman–Crippen MR) is 73.8 cm³/mol. The monoisotopic (exact) mass is 319 g/mol. The van der Waals surface area contributed by atoms with Crippen LogP contribution in [-0.4, -0.2) is 29.0 Å². The summed E-state index contributed by atoms with van der Waals surface area (Å²) in [7, 11) is 0. The number of imide groups is 1. The first-order valence-electron chi connectivity index (χ1n) is 5.69. The molecular formula is C12H11Cl2NO3S. The Balaban J connectivity index is 2.12. The number of amides is 2. The summed E-state index contributed by atoms with van der Waals surface area (Å²) in [5, 5.41) is 0. The number of hydrogen-bond donors (Lipinski definition) is 0. The van der Waals surface area contributed by atoms with Gasteiger partial charge in [-0.1, -0.05) is 30.1 Å². The maximum atomic E-state index is 12.0. The normalized spacial score (nSPS) is 17.1. The largest absolute Gasteiger partial charge is 0.292 e. The van der Waals surface area contributed by atoms with E-state index in [4.69, 9.17) is 23.2 Å². The number of carbonyl (C=O) groups is 3. The molecule has 0 radical (unpaired) electrons. The molecule has 1 aromatic heterocycles. The molecule has 1 saturated heterocycles. The Morgan fingerprint density at radius 3 is 2.42 bits per heavy atom. The quantitative estimate of drug-likeness (QED) is 0.635. The second kappa shape index (κ2) is 5.61. The standard InChI is InChI=1S/C12H11Cl2NO3S/c1-6-2-10(17)15(11(18)3-6)5-8(16)7-4-9(13)19-12(7)14/h4,6H,2-3,5H2,1H3. The molecule has 4 nitrogen and oxygen atoms in total. The number of likely N-dealkylation sites (tertiary alicyclic amines) is 1. The average molecular weight is 320 g/mol. The Bertz CT molecular complexity index is 537. The lowest BCUT2D eigenvalue weighted by Crippen LogP contribution is -2.45. The highest BCUT2D eigenvalue weighted by molar-refractivity contribution is 7.20. The summed E-state index contributed by atoms with van der Waals surface area (Å²) in [4.78, 5) is 36.6. The van der Waals surface area contributed by atoms with Crippen molar-refractivity contribution in [3.63, 3.8) is 0 Å². The minimum Gasteiger partial charge on any atom is -0.292 e. The molecule has 0 bridgehead atoms. The summed E-state index contributed by atoms with van der Waals surface area (Å²) in [6.45, 7) is 1.57. The fourth-order valence-electron chi connectivity index (χ4n) is 1.96. The highest BCUT2D eigenvalue weighted by Gasteiger charge is 2.32. The molecule has 2 rings (SSSR count). The SMILES string of the molecule is CC1CC(=O)N(CC(=O)c2cc(Cl)sc2Cl)C(=O)C1. The van der Waals surface area contributed by atoms with Gasteiger partial charge in [0.1, 0.15) is 4.34 Å². The van der Waals surface area contributed by atoms with E-state index < -0.39 is 0 Å². The van der Waals surface area contributed by atoms with E-state index in [1.807, 2.05) is 6.92 Å². The zero-order chi connectivity index (χ0) is 14.2. The molecule has 0 N–H and O–H groups in total. The van der Waals surface area contributed by atoms with E-state index in [1.165, 1.54) is 6.07 Å². The van der Waals surface area contributed by atoms with Crippen molar-refractivity contribution in [3.05, 3.63) is 20.3 Å². The molecule has 1 aromatic rings. The number of nitrogens with zero attached hydrogens (tertiary/aromatic N) is 1. The van der Waals surface area contributed by atoms with E-state index in [1.54, 1.807) is 0 Å². The molecule has 102 valence electrons. The molecule has 7 heteroatoms. The predicted octanol–water partition coefficient (Wildman–Crippen LogP) is 3.02. The van der Waals surface area contributed by atoms with Crippen LogP contribution in [0.4, 0.5) is 0 Å². The summed E-state index contributed by atoms with van der Waals surface area (Å²) in [6.07, 6.45) is 0.578. The zero-order valence-corrected chi connectivity index (χ0v) is 12.4. The minimum atomic E-state index is -0.371. The van der Waals surface area contributed by atoms with Crippen LogP contribution in [0.1, 0.15) is 30.1 Å². The van der Waals surface area contributed by atoms with Gasteiger partial charge in [0.2, 0.25) is 11.8 Å². The Hall–Kier alpha value is -0.910. The molecule has 0 aliphatic carbocycles. The van der Waals surface area contributed by atoms with Crippen LogP contribution >= 0.6 is 34.5 Å². The number of piperidine rings is 1. The van der Waals surface area contributed by atoms with Crippen LogP contribution in [0.25, 0.3) is 0 Å². The van der Waals surface area contributed by atoms with Crippen LogP contribution in [0.3, 0.4) is 0 Å². The first-order chi connectivity index (χ1) is 8.88. The molecule has 0 atom stereocenters. The van der Waals surface area contributed by atoms with Gasteiger partial charge in [0.25, 0.3) is 0 Å². The summed E-state index contributed by atoms with van der Waals surface area (Å²) in [5.74, 6) is -0.959. The number of ketones is 1. The lowest BCUT2D eigenvalue weighted by Gasteiger charge is -2.27. The van der Waals surface area contributed by atoms with Crippen molar-refractivity contribution in [1.82, 2.24) is 4.90 Å². The molecule has 0 saturated carbocycles. The average Bonchev–Trinajstić information content (AvgIpc) is 2.62. The molecule has 2 heterocycles. The van der Waals surface area contributed by atoms with Crippen molar-refractivity contribution >= 4 is 52.1 Å². The van der Waals surface area contributed by atoms with E-state index in [2.05, 4.69) is 0 Å². The van der Waals surface area contributed by atoms with Crippen LogP contribution in [0.2, 0.25) is 8.67 Å². The van der Waals surface area contributed by atoms with Crippen LogP contribution in [-0.2, 0) is 9.59 Å². The lowest BCUT2D eigenvalue weighted by molar-refractivity contribution is -0.149. The van der Waals surface area contributed by atoms with Gasteiger partial charge in [-0.05, 0) is 12.0 Å². The van der Waals surface area contributed by atoms with Gasteiger partial charge < -0.3 is 0 Å². The summed E-state index contributed by atoms with van der Waals surface area (Å²) >= 11 is 12.7. The van der Waals surface area contributed by atoms with E-state index in [9.17, 15) is 14.4 Å². The van der Waals surface area contributed by atoms with Crippen LogP contribution in [0.5, 0.6) is 0 Å². The number of halogens is 2. The number of Topliss-reactive ketones (excluding diaryl/α,β-unsaturated/α-hetero) is 1. The highest BCUT2D eigenvalue weighted by atomic mass is 35.5. The zero-order valence-electron chi connectivity index (χ0n) is 10.1. The van der Waals surface area contributed by atoms with Crippen LogP contribution < -0.4 is 0 Å². The van der Waals surface area contributed by atoms with Crippen molar-refractivity contribution in [2.24, 2.45) is 5.92 Å². The smallest absolute Gasteiger partial charge is 0.229 e. The van der Waals surface area contributed by atoms with Gasteiger partial charge in [-0.2, -0.15) is 0 Å². The Labute approximate surface area is 124 Å². The third-order valence-corrected chi connectivity index (χ3v) is 4.39. The van der Waals surface area contributed by atoms with E-state index >= 15 is 0 Å². The molecule has 1 aliphatic heterocycles. The molecule has 2 amide bonds. The second-order valence-electron chi connectivity index (χ2n) is 4.55. The fourth-order valence-corrected chi connectivity index (χ4v) is 3.46. The van der Waals surface area contributed by atoms with Gasteiger partial charge in [-0.25, -0.2) is 0 Å². The van der Waals surface area contributed by atoms with Crippen molar-refractivity contribution < 1.29 is 14.4 Å². The second-order valence-corrected chi connectivity index (χ2v) is 6.83. The molecule has 0 unspecified atom stereocenters. The van der Waals surface area contributed by atoms with Gasteiger partial charge >= 0.3 is 0 Å². The van der Waals surface area contributed by atoms with Gasteiger partial charge in [-0.3, -0.25) is 19.3 Å². The molecule has 0 spiro atoms. The van der Waals surface area contributed by atoms with Gasteiger partial charge in [-0.15, -0.1) is 11.3 Å². The summed E-state index contributed by atoms with van der Waals surface area (Å²) in [5.41, 5.74) is 0.260. The minimum absolute atomic E-state index is 0.0329. The Morgan fingerprint density at radius 2 is 1.95 bits per heavy atom. The van der Waals surface area contributed by atoms with E-state index in [0.29, 0.717) is 4.34 Å². The summed E-state index contributed by atoms with van der Waals surface area (Å²) < 4.78 is 0.679. The topological polar surface area (TPSA) is 54.5 Å². The van der Waals surface area contributed by atoms with Crippen molar-refractivity contribution in [2.45, 2.75) is 19.8 Å². The number of rotatable bonds is 3. The van der Waals surface area contributed by atoms with Gasteiger partial charge in [0, 0.05) is 12.8 Å². The Morgan fingerprint density at radius 1 is 1.37 bits per heavy atom. The van der Waals surface area contributed by atoms with E-state index in [-0.39, 0.29) is 52.8 Å². The molecule has 1 aliphatic rings. The molecular weight excluding hydrogens is 309 g/mol. The first-order valence-corrected chi connectivity index (χ1v) is 7.27. The third kappa shape index (κ3) is 3.16. The van der Waals surface area contributed by atoms with E-state index in [0.717, 1.165) is 16.2 Å². The lowest BCUT2D eigenvalue weighted by atomic mass is 9.97. The number of thiophene rings is 1. The Kier molecular flexibility index (Phi) is 4.28. The van der Waals surface area contributed by atoms with Crippen LogP contribution in [0, 0.1) is 5.92 Å². The van der Waals surface area contributed by atoms with Gasteiger partial charge in [0.05, 0.1) is 16.4 Å². The third-order valence-electron chi connectivity index (χ3n) is 2.91. The van der Waals surface area contributed by atoms with Crippen LogP contribution in [0.15, 0.2) is 6.07 Å². The summed E-state index contributed by atoms with van der Waals surface area (Å²) in [6, 6.07) is 1.46.